The number of aryl methyl sites for hydroxylation is 2. The lowest BCUT2D eigenvalue weighted by Gasteiger charge is -2.36. The summed E-state index contributed by atoms with van der Waals surface area (Å²) in [5.41, 5.74) is 2.28. The number of hydrogen-bond acceptors (Lipinski definition) is 4. The van der Waals surface area contributed by atoms with Crippen molar-refractivity contribution in [2.45, 2.75) is 26.8 Å². The SMILES string of the molecule is Cc1n[nH]c(C)c1NC(=O)N1CCN(C(C)C(=O)O)CC1. The number of carboxylic acids is 1. The Kier molecular flexibility index (Phi) is 4.46. The molecule has 21 heavy (non-hydrogen) atoms. The average molecular weight is 295 g/mol. The monoisotopic (exact) mass is 295 g/mol. The van der Waals surface area contributed by atoms with Gasteiger partial charge in [-0.3, -0.25) is 14.8 Å². The second kappa shape index (κ2) is 6.13. The Balaban J connectivity index is 1.90. The van der Waals surface area contributed by atoms with E-state index in [0.717, 1.165) is 11.4 Å². The van der Waals surface area contributed by atoms with E-state index in [1.54, 1.807) is 11.8 Å². The minimum Gasteiger partial charge on any atom is -0.480 e. The molecule has 1 atom stereocenters. The van der Waals surface area contributed by atoms with E-state index in [1.807, 2.05) is 18.7 Å². The van der Waals surface area contributed by atoms with Crippen molar-refractivity contribution in [3.8, 4) is 0 Å². The van der Waals surface area contributed by atoms with E-state index < -0.39 is 12.0 Å². The molecular formula is C13H21N5O3. The van der Waals surface area contributed by atoms with Gasteiger partial charge in [0.15, 0.2) is 0 Å². The summed E-state index contributed by atoms with van der Waals surface area (Å²) in [6.07, 6.45) is 0. The van der Waals surface area contributed by atoms with Crippen LogP contribution in [0.3, 0.4) is 0 Å². The zero-order valence-corrected chi connectivity index (χ0v) is 12.5. The van der Waals surface area contributed by atoms with Crippen LogP contribution in [0.5, 0.6) is 0 Å². The van der Waals surface area contributed by atoms with Crippen LogP contribution in [0.15, 0.2) is 0 Å². The predicted molar refractivity (Wildman–Crippen MR) is 77.3 cm³/mol. The molecule has 116 valence electrons. The fourth-order valence-electron chi connectivity index (χ4n) is 2.39. The van der Waals surface area contributed by atoms with Crippen molar-refractivity contribution >= 4 is 17.7 Å². The Labute approximate surface area is 123 Å². The Bertz CT molecular complexity index is 514. The highest BCUT2D eigenvalue weighted by Crippen LogP contribution is 2.17. The maximum Gasteiger partial charge on any atom is 0.322 e. The fourth-order valence-corrected chi connectivity index (χ4v) is 2.39. The highest BCUT2D eigenvalue weighted by molar-refractivity contribution is 5.90. The molecule has 1 saturated heterocycles. The first-order valence-corrected chi connectivity index (χ1v) is 6.94. The van der Waals surface area contributed by atoms with Gasteiger partial charge in [-0.2, -0.15) is 5.10 Å². The lowest BCUT2D eigenvalue weighted by molar-refractivity contribution is -0.143. The summed E-state index contributed by atoms with van der Waals surface area (Å²) in [6, 6.07) is -0.696. The Morgan fingerprint density at radius 3 is 2.38 bits per heavy atom. The maximum atomic E-state index is 12.2. The molecule has 1 aliphatic rings. The summed E-state index contributed by atoms with van der Waals surface area (Å²) < 4.78 is 0. The van der Waals surface area contributed by atoms with Gasteiger partial charge in [0.1, 0.15) is 6.04 Å². The molecule has 0 bridgehead atoms. The fraction of sp³-hybridized carbons (Fsp3) is 0.615. The molecule has 3 N–H and O–H groups in total. The maximum absolute atomic E-state index is 12.2. The molecule has 1 aromatic rings. The molecule has 2 rings (SSSR count). The van der Waals surface area contributed by atoms with E-state index >= 15 is 0 Å². The number of rotatable bonds is 3. The van der Waals surface area contributed by atoms with E-state index in [4.69, 9.17) is 5.11 Å². The number of carbonyl (C=O) groups excluding carboxylic acids is 1. The number of aromatic amines is 1. The van der Waals surface area contributed by atoms with Gasteiger partial charge in [0.05, 0.1) is 17.1 Å². The topological polar surface area (TPSA) is 102 Å². The first-order valence-electron chi connectivity index (χ1n) is 6.94. The van der Waals surface area contributed by atoms with Crippen LogP contribution in [0.4, 0.5) is 10.5 Å². The summed E-state index contributed by atoms with van der Waals surface area (Å²) in [5.74, 6) is -0.836. The van der Waals surface area contributed by atoms with E-state index in [0.29, 0.717) is 31.9 Å². The second-order valence-electron chi connectivity index (χ2n) is 5.28. The molecule has 0 radical (unpaired) electrons. The molecule has 2 amide bonds. The van der Waals surface area contributed by atoms with Gasteiger partial charge < -0.3 is 15.3 Å². The molecule has 1 aromatic heterocycles. The van der Waals surface area contributed by atoms with Gasteiger partial charge in [0.2, 0.25) is 0 Å². The highest BCUT2D eigenvalue weighted by atomic mass is 16.4. The Morgan fingerprint density at radius 1 is 1.29 bits per heavy atom. The normalized spacial score (nSPS) is 17.6. The van der Waals surface area contributed by atoms with Gasteiger partial charge in [0.25, 0.3) is 0 Å². The van der Waals surface area contributed by atoms with Crippen molar-refractivity contribution < 1.29 is 14.7 Å². The standard InChI is InChI=1S/C13H21N5O3/c1-8-11(9(2)16-15-8)14-13(21)18-6-4-17(5-7-18)10(3)12(19)20/h10H,4-7H2,1-3H3,(H,14,21)(H,15,16)(H,19,20). The van der Waals surface area contributed by atoms with Crippen molar-refractivity contribution in [3.05, 3.63) is 11.4 Å². The van der Waals surface area contributed by atoms with Gasteiger partial charge in [-0.25, -0.2) is 4.79 Å². The number of nitrogens with one attached hydrogen (secondary N) is 2. The number of urea groups is 1. The number of carbonyl (C=O) groups is 2. The van der Waals surface area contributed by atoms with Crippen LogP contribution in [0.1, 0.15) is 18.3 Å². The average Bonchev–Trinajstić information content (AvgIpc) is 2.78. The summed E-state index contributed by atoms with van der Waals surface area (Å²) in [7, 11) is 0. The number of aliphatic carboxylic acids is 1. The van der Waals surface area contributed by atoms with Crippen LogP contribution in [0, 0.1) is 13.8 Å². The molecule has 0 aliphatic carbocycles. The summed E-state index contributed by atoms with van der Waals surface area (Å²) in [5, 5.41) is 18.7. The van der Waals surface area contributed by atoms with Crippen LogP contribution in [0.2, 0.25) is 0 Å². The quantitative estimate of drug-likeness (QED) is 0.760. The number of anilines is 1. The highest BCUT2D eigenvalue weighted by Gasteiger charge is 2.27. The van der Waals surface area contributed by atoms with Crippen LogP contribution >= 0.6 is 0 Å². The van der Waals surface area contributed by atoms with E-state index in [-0.39, 0.29) is 6.03 Å². The van der Waals surface area contributed by atoms with Crippen LogP contribution < -0.4 is 5.32 Å². The number of H-pyrrole nitrogens is 1. The first kappa shape index (κ1) is 15.3. The third kappa shape index (κ3) is 3.33. The number of amides is 2. The minimum atomic E-state index is -0.836. The second-order valence-corrected chi connectivity index (χ2v) is 5.28. The molecule has 8 heteroatoms. The lowest BCUT2D eigenvalue weighted by atomic mass is 10.2. The molecule has 0 saturated carbocycles. The zero-order chi connectivity index (χ0) is 15.6. The van der Waals surface area contributed by atoms with E-state index in [1.165, 1.54) is 0 Å². The van der Waals surface area contributed by atoms with Crippen LogP contribution in [0.25, 0.3) is 0 Å². The summed E-state index contributed by atoms with van der Waals surface area (Å²) in [4.78, 5) is 26.7. The van der Waals surface area contributed by atoms with Crippen LogP contribution in [-0.4, -0.2) is 69.3 Å². The molecule has 0 aromatic carbocycles. The molecule has 1 unspecified atom stereocenters. The van der Waals surface area contributed by atoms with Gasteiger partial charge in [0, 0.05) is 26.2 Å². The number of nitrogens with zero attached hydrogens (tertiary/aromatic N) is 3. The molecule has 1 aliphatic heterocycles. The van der Waals surface area contributed by atoms with Crippen molar-refractivity contribution in [2.75, 3.05) is 31.5 Å². The van der Waals surface area contributed by atoms with E-state index in [2.05, 4.69) is 15.5 Å². The summed E-state index contributed by atoms with van der Waals surface area (Å²) >= 11 is 0. The molecule has 2 heterocycles. The van der Waals surface area contributed by atoms with E-state index in [9.17, 15) is 9.59 Å². The minimum absolute atomic E-state index is 0.176. The number of aromatic nitrogens is 2. The van der Waals surface area contributed by atoms with Crippen molar-refractivity contribution in [2.24, 2.45) is 0 Å². The smallest absolute Gasteiger partial charge is 0.322 e. The zero-order valence-electron chi connectivity index (χ0n) is 12.5. The number of piperazine rings is 1. The lowest BCUT2D eigenvalue weighted by Crippen LogP contribution is -2.54. The van der Waals surface area contributed by atoms with Gasteiger partial charge >= 0.3 is 12.0 Å². The van der Waals surface area contributed by atoms with Gasteiger partial charge in [-0.15, -0.1) is 0 Å². The molecule has 0 spiro atoms. The van der Waals surface area contributed by atoms with Crippen molar-refractivity contribution in [1.82, 2.24) is 20.0 Å². The third-order valence-corrected chi connectivity index (χ3v) is 3.87. The Hall–Kier alpha value is -2.09. The number of hydrogen-bond donors (Lipinski definition) is 3. The Morgan fingerprint density at radius 2 is 1.90 bits per heavy atom. The van der Waals surface area contributed by atoms with Crippen LogP contribution in [-0.2, 0) is 4.79 Å². The van der Waals surface area contributed by atoms with Crippen molar-refractivity contribution in [1.29, 1.82) is 0 Å². The van der Waals surface area contributed by atoms with Crippen molar-refractivity contribution in [3.63, 3.8) is 0 Å². The number of carboxylic acid groups (broad SMARTS) is 1. The summed E-state index contributed by atoms with van der Waals surface area (Å²) in [6.45, 7) is 7.48. The third-order valence-electron chi connectivity index (χ3n) is 3.87. The molecule has 8 nitrogen and oxygen atoms in total. The molecule has 1 fully saturated rings. The largest absolute Gasteiger partial charge is 0.480 e. The van der Waals surface area contributed by atoms with Gasteiger partial charge in [-0.1, -0.05) is 0 Å². The molecular weight excluding hydrogens is 274 g/mol. The van der Waals surface area contributed by atoms with Gasteiger partial charge in [-0.05, 0) is 20.8 Å². The predicted octanol–water partition coefficient (Wildman–Crippen LogP) is 0.649. The first-order chi connectivity index (χ1) is 9.90.